The molecule has 1 aliphatic heterocycles. The van der Waals surface area contributed by atoms with Gasteiger partial charge in [0.2, 0.25) is 0 Å². The maximum atomic E-state index is 12.6. The number of hydrogen-bond donors (Lipinski definition) is 1. The molecule has 0 aliphatic carbocycles. The van der Waals surface area contributed by atoms with E-state index < -0.39 is 0 Å². The number of nitrogens with one attached hydrogen (secondary N) is 1. The van der Waals surface area contributed by atoms with Crippen molar-refractivity contribution in [2.24, 2.45) is 0 Å². The van der Waals surface area contributed by atoms with Crippen molar-refractivity contribution in [2.45, 2.75) is 13.0 Å². The Morgan fingerprint density at radius 1 is 1.07 bits per heavy atom. The highest BCUT2D eigenvalue weighted by atomic mass is 79.9. The molecule has 1 amide bonds. The van der Waals surface area contributed by atoms with Crippen LogP contribution in [-0.2, 0) is 0 Å². The van der Waals surface area contributed by atoms with Gasteiger partial charge < -0.3 is 15.0 Å². The van der Waals surface area contributed by atoms with Crippen molar-refractivity contribution in [3.05, 3.63) is 64.1 Å². The van der Waals surface area contributed by atoms with Crippen LogP contribution in [0.25, 0.3) is 0 Å². The van der Waals surface area contributed by atoms with Gasteiger partial charge in [-0.15, -0.1) is 0 Å². The predicted molar refractivity (Wildman–Crippen MR) is 116 cm³/mol. The molecule has 1 N–H and O–H groups in total. The molecule has 0 radical (unpaired) electrons. The monoisotopic (exact) mass is 445 g/mol. The number of nitrogens with zero attached hydrogens (tertiary/aromatic N) is 2. The zero-order valence-corrected chi connectivity index (χ0v) is 18.1. The summed E-state index contributed by atoms with van der Waals surface area (Å²) in [7, 11) is 1.68. The normalized spacial score (nSPS) is 16.5. The summed E-state index contributed by atoms with van der Waals surface area (Å²) in [5.41, 5.74) is 1.87. The Labute approximate surface area is 175 Å². The molecule has 2 aromatic carbocycles. The lowest BCUT2D eigenvalue weighted by Crippen LogP contribution is -2.49. The van der Waals surface area contributed by atoms with E-state index in [0.29, 0.717) is 12.1 Å². The van der Waals surface area contributed by atoms with Gasteiger partial charge in [0.25, 0.3) is 5.91 Å². The number of amides is 1. The standard InChI is InChI=1S/C22H28BrN3O2/c1-3-25-12-14-26(15-13-25)21(17-6-10-20(28-2)11-7-17)16-24-22(27)18-4-8-19(23)9-5-18/h4-11,21H,3,12-16H2,1-2H3,(H,24,27)/t21-/m0/s1. The molecule has 28 heavy (non-hydrogen) atoms. The van der Waals surface area contributed by atoms with Gasteiger partial charge in [-0.2, -0.15) is 0 Å². The summed E-state index contributed by atoms with van der Waals surface area (Å²) >= 11 is 3.41. The molecule has 5 nitrogen and oxygen atoms in total. The van der Waals surface area contributed by atoms with E-state index >= 15 is 0 Å². The third kappa shape index (κ3) is 5.34. The van der Waals surface area contributed by atoms with Gasteiger partial charge in [-0.25, -0.2) is 0 Å². The highest BCUT2D eigenvalue weighted by Crippen LogP contribution is 2.24. The largest absolute Gasteiger partial charge is 0.497 e. The Morgan fingerprint density at radius 2 is 1.71 bits per heavy atom. The van der Waals surface area contributed by atoms with Crippen LogP contribution in [0.4, 0.5) is 0 Å². The van der Waals surface area contributed by atoms with Gasteiger partial charge in [0.15, 0.2) is 0 Å². The molecule has 2 aromatic rings. The second-order valence-corrected chi connectivity index (χ2v) is 7.89. The van der Waals surface area contributed by atoms with Crippen molar-refractivity contribution in [1.82, 2.24) is 15.1 Å². The van der Waals surface area contributed by atoms with Crippen molar-refractivity contribution in [2.75, 3.05) is 46.4 Å². The van der Waals surface area contributed by atoms with Gasteiger partial charge in [0.1, 0.15) is 5.75 Å². The Morgan fingerprint density at radius 3 is 2.29 bits per heavy atom. The number of rotatable bonds is 7. The number of halogens is 1. The SMILES string of the molecule is CCN1CCN([C@@H](CNC(=O)c2ccc(Br)cc2)c2ccc(OC)cc2)CC1. The molecular formula is C22H28BrN3O2. The molecule has 1 fully saturated rings. The van der Waals surface area contributed by atoms with Crippen LogP contribution in [0.2, 0.25) is 0 Å². The fourth-order valence-corrected chi connectivity index (χ4v) is 3.83. The molecular weight excluding hydrogens is 418 g/mol. The van der Waals surface area contributed by atoms with Gasteiger partial charge >= 0.3 is 0 Å². The average molecular weight is 446 g/mol. The second-order valence-electron chi connectivity index (χ2n) is 6.98. The van der Waals surface area contributed by atoms with Crippen LogP contribution in [0.5, 0.6) is 5.75 Å². The van der Waals surface area contributed by atoms with Crippen molar-refractivity contribution >= 4 is 21.8 Å². The topological polar surface area (TPSA) is 44.8 Å². The molecule has 6 heteroatoms. The first kappa shape index (κ1) is 20.8. The third-order valence-electron chi connectivity index (χ3n) is 5.36. The molecule has 0 bridgehead atoms. The first-order valence-electron chi connectivity index (χ1n) is 9.75. The number of carbonyl (C=O) groups excluding carboxylic acids is 1. The second kappa shape index (κ2) is 10.0. The van der Waals surface area contributed by atoms with Crippen LogP contribution in [-0.4, -0.2) is 62.1 Å². The van der Waals surface area contributed by atoms with Crippen LogP contribution in [0.15, 0.2) is 53.0 Å². The van der Waals surface area contributed by atoms with E-state index in [1.807, 2.05) is 36.4 Å². The quantitative estimate of drug-likeness (QED) is 0.707. The molecule has 0 saturated carbocycles. The smallest absolute Gasteiger partial charge is 0.251 e. The molecule has 1 aliphatic rings. The Hall–Kier alpha value is -1.89. The number of methoxy groups -OCH3 is 1. The van der Waals surface area contributed by atoms with Gasteiger partial charge in [-0.05, 0) is 48.5 Å². The zero-order chi connectivity index (χ0) is 19.9. The van der Waals surface area contributed by atoms with E-state index in [1.54, 1.807) is 7.11 Å². The zero-order valence-electron chi connectivity index (χ0n) is 16.5. The summed E-state index contributed by atoms with van der Waals surface area (Å²) in [5.74, 6) is 0.801. The van der Waals surface area contributed by atoms with E-state index in [1.165, 1.54) is 5.56 Å². The van der Waals surface area contributed by atoms with Gasteiger partial charge in [-0.3, -0.25) is 9.69 Å². The van der Waals surface area contributed by atoms with Gasteiger partial charge in [-0.1, -0.05) is 35.0 Å². The molecule has 150 valence electrons. The van der Waals surface area contributed by atoms with E-state index in [9.17, 15) is 4.79 Å². The summed E-state index contributed by atoms with van der Waals surface area (Å²) in [6.07, 6.45) is 0. The van der Waals surface area contributed by atoms with E-state index in [2.05, 4.69) is 50.1 Å². The lowest BCUT2D eigenvalue weighted by atomic mass is 10.0. The van der Waals surface area contributed by atoms with Gasteiger partial charge in [0.05, 0.1) is 13.2 Å². The number of carbonyl (C=O) groups is 1. The first-order valence-corrected chi connectivity index (χ1v) is 10.5. The number of likely N-dealkylation sites (N-methyl/N-ethyl adjacent to an activating group) is 1. The molecule has 1 heterocycles. The van der Waals surface area contributed by atoms with Crippen molar-refractivity contribution in [3.63, 3.8) is 0 Å². The summed E-state index contributed by atoms with van der Waals surface area (Å²) in [4.78, 5) is 17.5. The summed E-state index contributed by atoms with van der Waals surface area (Å²) in [6, 6.07) is 15.8. The summed E-state index contributed by atoms with van der Waals surface area (Å²) in [5, 5.41) is 3.13. The number of benzene rings is 2. The summed E-state index contributed by atoms with van der Waals surface area (Å²) in [6.45, 7) is 7.98. The van der Waals surface area contributed by atoms with E-state index in [-0.39, 0.29) is 11.9 Å². The number of hydrogen-bond acceptors (Lipinski definition) is 4. The molecule has 0 spiro atoms. The van der Waals surface area contributed by atoms with Crippen molar-refractivity contribution < 1.29 is 9.53 Å². The number of ether oxygens (including phenoxy) is 1. The highest BCUT2D eigenvalue weighted by Gasteiger charge is 2.25. The lowest BCUT2D eigenvalue weighted by molar-refractivity contribution is 0.0855. The Balaban J connectivity index is 1.71. The maximum Gasteiger partial charge on any atom is 0.251 e. The van der Waals surface area contributed by atoms with Crippen LogP contribution in [0, 0.1) is 0 Å². The summed E-state index contributed by atoms with van der Waals surface area (Å²) < 4.78 is 6.26. The van der Waals surface area contributed by atoms with Crippen LogP contribution < -0.4 is 10.1 Å². The van der Waals surface area contributed by atoms with Crippen molar-refractivity contribution in [3.8, 4) is 5.75 Å². The predicted octanol–water partition coefficient (Wildman–Crippen LogP) is 3.57. The Bertz CT molecular complexity index is 756. The van der Waals surface area contributed by atoms with Crippen molar-refractivity contribution in [1.29, 1.82) is 0 Å². The molecule has 1 atom stereocenters. The maximum absolute atomic E-state index is 12.6. The Kier molecular flexibility index (Phi) is 7.48. The number of piperazine rings is 1. The molecule has 3 rings (SSSR count). The minimum absolute atomic E-state index is 0.0433. The van der Waals surface area contributed by atoms with E-state index in [0.717, 1.165) is 42.9 Å². The van der Waals surface area contributed by atoms with E-state index in [4.69, 9.17) is 4.74 Å². The lowest BCUT2D eigenvalue weighted by Gasteiger charge is -2.39. The molecule has 1 saturated heterocycles. The fraction of sp³-hybridized carbons (Fsp3) is 0.409. The highest BCUT2D eigenvalue weighted by molar-refractivity contribution is 9.10. The third-order valence-corrected chi connectivity index (χ3v) is 5.89. The minimum atomic E-state index is -0.0433. The fourth-order valence-electron chi connectivity index (χ4n) is 3.57. The first-order chi connectivity index (χ1) is 13.6. The molecule has 0 unspecified atom stereocenters. The van der Waals surface area contributed by atoms with Crippen LogP contribution >= 0.6 is 15.9 Å². The minimum Gasteiger partial charge on any atom is -0.497 e. The molecule has 0 aromatic heterocycles. The van der Waals surface area contributed by atoms with Crippen LogP contribution in [0.3, 0.4) is 0 Å². The van der Waals surface area contributed by atoms with Crippen LogP contribution in [0.1, 0.15) is 28.9 Å². The van der Waals surface area contributed by atoms with Gasteiger partial charge in [0, 0.05) is 42.8 Å². The average Bonchev–Trinajstić information content (AvgIpc) is 2.75.